The summed E-state index contributed by atoms with van der Waals surface area (Å²) in [6.45, 7) is 1.28. The molecule has 0 unspecified atom stereocenters. The Bertz CT molecular complexity index is 374. The van der Waals surface area contributed by atoms with Crippen molar-refractivity contribution in [2.24, 2.45) is 0 Å². The van der Waals surface area contributed by atoms with Crippen LogP contribution in [0, 0.1) is 10.1 Å². The van der Waals surface area contributed by atoms with Crippen LogP contribution >= 0.6 is 0 Å². The van der Waals surface area contributed by atoms with Crippen molar-refractivity contribution < 1.29 is 9.31 Å². The number of aromatic nitrogens is 1. The van der Waals surface area contributed by atoms with Gasteiger partial charge >= 0.3 is 5.82 Å². The summed E-state index contributed by atoms with van der Waals surface area (Å²) in [5.41, 5.74) is 0.817. The second-order valence-corrected chi connectivity index (χ2v) is 3.79. The summed E-state index contributed by atoms with van der Waals surface area (Å²) in [4.78, 5) is 15.6. The molecule has 0 radical (unpaired) electrons. The minimum Gasteiger partial charge on any atom is -0.368 e. The third-order valence-electron chi connectivity index (χ3n) is 2.71. The number of hydrogen-bond donors (Lipinski definition) is 0. The average molecular weight is 225 g/mol. The van der Waals surface area contributed by atoms with Gasteiger partial charge in [0.25, 0.3) is 0 Å². The van der Waals surface area contributed by atoms with Crippen LogP contribution in [0.25, 0.3) is 0 Å². The molecule has 16 heavy (non-hydrogen) atoms. The first kappa shape index (κ1) is 10.8. The summed E-state index contributed by atoms with van der Waals surface area (Å²) in [5, 5.41) is 10.4. The van der Waals surface area contributed by atoms with E-state index in [0.29, 0.717) is 25.9 Å². The maximum Gasteiger partial charge on any atom is 0.363 e. The number of halogens is 1. The van der Waals surface area contributed by atoms with Crippen LogP contribution in [0.4, 0.5) is 15.9 Å². The fourth-order valence-electron chi connectivity index (χ4n) is 1.78. The SMILES string of the molecule is O=[N+]([O-])c1ccc(N2CCC(F)CC2)cn1. The summed E-state index contributed by atoms with van der Waals surface area (Å²) < 4.78 is 12.9. The van der Waals surface area contributed by atoms with Gasteiger partial charge in [-0.25, -0.2) is 4.39 Å². The predicted molar refractivity (Wildman–Crippen MR) is 57.2 cm³/mol. The van der Waals surface area contributed by atoms with Gasteiger partial charge in [-0.3, -0.25) is 0 Å². The molecule has 5 nitrogen and oxygen atoms in total. The van der Waals surface area contributed by atoms with E-state index in [4.69, 9.17) is 0 Å². The van der Waals surface area contributed by atoms with E-state index in [0.717, 1.165) is 5.69 Å². The molecule has 1 aromatic rings. The van der Waals surface area contributed by atoms with Crippen LogP contribution in [0.2, 0.25) is 0 Å². The first-order valence-corrected chi connectivity index (χ1v) is 5.16. The molecule has 0 spiro atoms. The van der Waals surface area contributed by atoms with Crippen LogP contribution in [0.3, 0.4) is 0 Å². The van der Waals surface area contributed by atoms with Gasteiger partial charge in [-0.2, -0.15) is 0 Å². The molecule has 6 heteroatoms. The van der Waals surface area contributed by atoms with Crippen molar-refractivity contribution in [1.29, 1.82) is 0 Å². The third-order valence-corrected chi connectivity index (χ3v) is 2.71. The number of piperidine rings is 1. The summed E-state index contributed by atoms with van der Waals surface area (Å²) in [5.74, 6) is -0.163. The Morgan fingerprint density at radius 3 is 2.62 bits per heavy atom. The first-order chi connectivity index (χ1) is 7.66. The molecule has 0 aromatic carbocycles. The van der Waals surface area contributed by atoms with E-state index in [9.17, 15) is 14.5 Å². The van der Waals surface area contributed by atoms with Crippen LogP contribution in [0.5, 0.6) is 0 Å². The molecule has 1 aliphatic rings. The third kappa shape index (κ3) is 2.26. The second-order valence-electron chi connectivity index (χ2n) is 3.79. The number of nitrogens with zero attached hydrogens (tertiary/aromatic N) is 3. The molecule has 0 amide bonds. The second kappa shape index (κ2) is 4.42. The van der Waals surface area contributed by atoms with E-state index >= 15 is 0 Å². The molecule has 0 N–H and O–H groups in total. The zero-order chi connectivity index (χ0) is 11.5. The summed E-state index contributed by atoms with van der Waals surface area (Å²) in [7, 11) is 0. The van der Waals surface area contributed by atoms with Crippen LogP contribution in [-0.2, 0) is 0 Å². The zero-order valence-corrected chi connectivity index (χ0v) is 8.67. The Morgan fingerprint density at radius 2 is 2.12 bits per heavy atom. The van der Waals surface area contributed by atoms with Gasteiger partial charge in [0, 0.05) is 19.2 Å². The van der Waals surface area contributed by atoms with Gasteiger partial charge in [-0.15, -0.1) is 0 Å². The summed E-state index contributed by atoms with van der Waals surface area (Å²) >= 11 is 0. The number of rotatable bonds is 2. The molecule has 0 atom stereocenters. The minimum absolute atomic E-state index is 0.163. The van der Waals surface area contributed by atoms with E-state index in [1.165, 1.54) is 12.3 Å². The Kier molecular flexibility index (Phi) is 2.98. The Hall–Kier alpha value is -1.72. The molecule has 86 valence electrons. The van der Waals surface area contributed by atoms with Crippen molar-refractivity contribution >= 4 is 11.5 Å². The Labute approximate surface area is 92.0 Å². The predicted octanol–water partition coefficient (Wildman–Crippen LogP) is 1.93. The van der Waals surface area contributed by atoms with Crippen molar-refractivity contribution in [3.8, 4) is 0 Å². The van der Waals surface area contributed by atoms with Crippen LogP contribution in [-0.4, -0.2) is 29.2 Å². The smallest absolute Gasteiger partial charge is 0.363 e. The van der Waals surface area contributed by atoms with E-state index in [1.807, 2.05) is 4.90 Å². The van der Waals surface area contributed by atoms with Gasteiger partial charge in [-0.1, -0.05) is 0 Å². The lowest BCUT2D eigenvalue weighted by Crippen LogP contribution is -2.34. The van der Waals surface area contributed by atoms with Gasteiger partial charge < -0.3 is 15.0 Å². The van der Waals surface area contributed by atoms with E-state index in [2.05, 4.69) is 4.98 Å². The Morgan fingerprint density at radius 1 is 1.44 bits per heavy atom. The quantitative estimate of drug-likeness (QED) is 0.570. The van der Waals surface area contributed by atoms with Crippen molar-refractivity contribution in [3.05, 3.63) is 28.4 Å². The normalized spacial score (nSPS) is 17.4. The monoisotopic (exact) mass is 225 g/mol. The fraction of sp³-hybridized carbons (Fsp3) is 0.500. The highest BCUT2D eigenvalue weighted by atomic mass is 19.1. The molecule has 0 saturated carbocycles. The molecule has 0 aliphatic carbocycles. The van der Waals surface area contributed by atoms with Gasteiger partial charge in [0.1, 0.15) is 6.17 Å². The van der Waals surface area contributed by atoms with E-state index < -0.39 is 11.1 Å². The highest BCUT2D eigenvalue weighted by molar-refractivity contribution is 5.46. The molecule has 1 aliphatic heterocycles. The molecule has 2 heterocycles. The summed E-state index contributed by atoms with van der Waals surface area (Å²) in [6.07, 6.45) is 1.77. The van der Waals surface area contributed by atoms with Gasteiger partial charge in [0.05, 0.1) is 5.69 Å². The standard InChI is InChI=1S/C10H12FN3O2/c11-8-3-5-13(6-4-8)9-1-2-10(12-7-9)14(15)16/h1-2,7-8H,3-6H2. The number of hydrogen-bond acceptors (Lipinski definition) is 4. The average Bonchev–Trinajstić information content (AvgIpc) is 2.30. The molecular weight excluding hydrogens is 213 g/mol. The molecular formula is C10H12FN3O2. The molecule has 1 saturated heterocycles. The lowest BCUT2D eigenvalue weighted by Gasteiger charge is -2.29. The van der Waals surface area contributed by atoms with Crippen molar-refractivity contribution in [1.82, 2.24) is 4.98 Å². The van der Waals surface area contributed by atoms with Gasteiger partial charge in [-0.05, 0) is 28.8 Å². The molecule has 1 aromatic heterocycles. The number of nitro groups is 1. The van der Waals surface area contributed by atoms with Crippen molar-refractivity contribution in [2.75, 3.05) is 18.0 Å². The first-order valence-electron chi connectivity index (χ1n) is 5.16. The van der Waals surface area contributed by atoms with E-state index in [-0.39, 0.29) is 5.82 Å². The lowest BCUT2D eigenvalue weighted by atomic mass is 10.1. The largest absolute Gasteiger partial charge is 0.368 e. The Balaban J connectivity index is 2.07. The molecule has 2 rings (SSSR count). The van der Waals surface area contributed by atoms with Crippen molar-refractivity contribution in [3.63, 3.8) is 0 Å². The van der Waals surface area contributed by atoms with E-state index in [1.54, 1.807) is 6.07 Å². The lowest BCUT2D eigenvalue weighted by molar-refractivity contribution is -0.389. The maximum atomic E-state index is 12.9. The molecule has 1 fully saturated rings. The number of anilines is 1. The maximum absolute atomic E-state index is 12.9. The number of alkyl halides is 1. The highest BCUT2D eigenvalue weighted by Gasteiger charge is 2.19. The van der Waals surface area contributed by atoms with Crippen LogP contribution in [0.1, 0.15) is 12.8 Å². The van der Waals surface area contributed by atoms with Crippen molar-refractivity contribution in [2.45, 2.75) is 19.0 Å². The topological polar surface area (TPSA) is 59.3 Å². The van der Waals surface area contributed by atoms with Gasteiger partial charge in [0.15, 0.2) is 6.20 Å². The fourth-order valence-corrected chi connectivity index (χ4v) is 1.78. The highest BCUT2D eigenvalue weighted by Crippen LogP contribution is 2.21. The minimum atomic E-state index is -0.720. The molecule has 0 bridgehead atoms. The summed E-state index contributed by atoms with van der Waals surface area (Å²) in [6, 6.07) is 3.03. The van der Waals surface area contributed by atoms with Crippen LogP contribution in [0.15, 0.2) is 18.3 Å². The zero-order valence-electron chi connectivity index (χ0n) is 8.67. The van der Waals surface area contributed by atoms with Gasteiger partial charge in [0.2, 0.25) is 0 Å². The van der Waals surface area contributed by atoms with Crippen LogP contribution < -0.4 is 4.90 Å². The number of pyridine rings is 1.